The lowest BCUT2D eigenvalue weighted by Gasteiger charge is -2.21. The molecule has 1 atom stereocenters. The molecule has 0 saturated heterocycles. The van der Waals surface area contributed by atoms with Crippen molar-refractivity contribution in [3.63, 3.8) is 0 Å². The average Bonchev–Trinajstić information content (AvgIpc) is 2.52. The molecule has 0 aromatic heterocycles. The van der Waals surface area contributed by atoms with Gasteiger partial charge in [-0.15, -0.1) is 0 Å². The fourth-order valence-corrected chi connectivity index (χ4v) is 3.15. The second kappa shape index (κ2) is 5.88. The topological polar surface area (TPSA) is 12.0 Å². The third-order valence-corrected chi connectivity index (χ3v) is 4.33. The Morgan fingerprint density at radius 2 is 1.48 bits per heavy atom. The molecule has 0 radical (unpaired) electrons. The van der Waals surface area contributed by atoms with Crippen LogP contribution in [0.1, 0.15) is 22.7 Å². The minimum absolute atomic E-state index is 0.161. The first-order valence-electron chi connectivity index (χ1n) is 7.12. The standard InChI is InChI=1S/C19H18ClN/c1-13-7-3-4-8-14(13)19(21-2)17-11-12-18(20)16-10-6-5-9-15(16)17/h3-12,19,21H,1-2H3. The van der Waals surface area contributed by atoms with Gasteiger partial charge in [0.2, 0.25) is 0 Å². The van der Waals surface area contributed by atoms with Gasteiger partial charge in [0.05, 0.1) is 6.04 Å². The molecule has 0 fully saturated rings. The second-order valence-electron chi connectivity index (χ2n) is 5.26. The summed E-state index contributed by atoms with van der Waals surface area (Å²) in [6.45, 7) is 2.15. The minimum Gasteiger partial charge on any atom is -0.309 e. The van der Waals surface area contributed by atoms with Crippen molar-refractivity contribution in [1.29, 1.82) is 0 Å². The van der Waals surface area contributed by atoms with Crippen LogP contribution in [0.2, 0.25) is 5.02 Å². The maximum Gasteiger partial charge on any atom is 0.0583 e. The van der Waals surface area contributed by atoms with Gasteiger partial charge in [0.25, 0.3) is 0 Å². The molecule has 1 N–H and O–H groups in total. The summed E-state index contributed by atoms with van der Waals surface area (Å²) in [5, 5.41) is 6.55. The highest BCUT2D eigenvalue weighted by molar-refractivity contribution is 6.35. The number of aryl methyl sites for hydroxylation is 1. The second-order valence-corrected chi connectivity index (χ2v) is 5.67. The summed E-state index contributed by atoms with van der Waals surface area (Å²) < 4.78 is 0. The number of rotatable bonds is 3. The van der Waals surface area contributed by atoms with Crippen molar-refractivity contribution in [2.75, 3.05) is 7.05 Å². The summed E-state index contributed by atoms with van der Waals surface area (Å²) in [6.07, 6.45) is 0. The molecule has 0 aliphatic carbocycles. The summed E-state index contributed by atoms with van der Waals surface area (Å²) in [6, 6.07) is 21.1. The molecular weight excluding hydrogens is 278 g/mol. The molecule has 0 heterocycles. The molecule has 1 nitrogen and oxygen atoms in total. The highest BCUT2D eigenvalue weighted by atomic mass is 35.5. The molecule has 3 rings (SSSR count). The van der Waals surface area contributed by atoms with Crippen molar-refractivity contribution in [2.45, 2.75) is 13.0 Å². The van der Waals surface area contributed by atoms with Gasteiger partial charge in [-0.1, -0.05) is 66.2 Å². The van der Waals surface area contributed by atoms with Crippen LogP contribution in [0.25, 0.3) is 10.8 Å². The number of benzene rings is 3. The molecule has 3 aromatic rings. The van der Waals surface area contributed by atoms with Crippen LogP contribution in [0, 0.1) is 6.92 Å². The monoisotopic (exact) mass is 295 g/mol. The number of hydrogen-bond acceptors (Lipinski definition) is 1. The van der Waals surface area contributed by atoms with E-state index >= 15 is 0 Å². The SMILES string of the molecule is CNC(c1ccccc1C)c1ccc(Cl)c2ccccc12. The molecule has 0 aliphatic heterocycles. The van der Waals surface area contributed by atoms with Gasteiger partial charge in [0.1, 0.15) is 0 Å². The van der Waals surface area contributed by atoms with E-state index in [1.807, 2.05) is 19.2 Å². The number of halogens is 1. The summed E-state index contributed by atoms with van der Waals surface area (Å²) in [5.41, 5.74) is 3.84. The molecule has 0 bridgehead atoms. The van der Waals surface area contributed by atoms with Crippen LogP contribution in [0.5, 0.6) is 0 Å². The van der Waals surface area contributed by atoms with E-state index in [1.165, 1.54) is 22.1 Å². The minimum atomic E-state index is 0.161. The fourth-order valence-electron chi connectivity index (χ4n) is 2.93. The third kappa shape index (κ3) is 2.55. The molecule has 106 valence electrons. The molecule has 0 aliphatic rings. The van der Waals surface area contributed by atoms with Crippen molar-refractivity contribution in [1.82, 2.24) is 5.32 Å². The van der Waals surface area contributed by atoms with Gasteiger partial charge < -0.3 is 5.32 Å². The molecule has 1 unspecified atom stereocenters. The van der Waals surface area contributed by atoms with Gasteiger partial charge in [-0.25, -0.2) is 0 Å². The van der Waals surface area contributed by atoms with Crippen LogP contribution in [0.4, 0.5) is 0 Å². The Labute approximate surface area is 130 Å². The van der Waals surface area contributed by atoms with Crippen LogP contribution >= 0.6 is 11.6 Å². The van der Waals surface area contributed by atoms with E-state index in [0.717, 1.165) is 10.4 Å². The molecule has 0 saturated carbocycles. The predicted octanol–water partition coefficient (Wildman–Crippen LogP) is 5.11. The van der Waals surface area contributed by atoms with Crippen LogP contribution in [-0.2, 0) is 0 Å². The summed E-state index contributed by atoms with van der Waals surface area (Å²) in [4.78, 5) is 0. The van der Waals surface area contributed by atoms with Crippen LogP contribution < -0.4 is 5.32 Å². The third-order valence-electron chi connectivity index (χ3n) is 4.00. The Kier molecular flexibility index (Phi) is 3.96. The van der Waals surface area contributed by atoms with E-state index in [1.54, 1.807) is 0 Å². The molecule has 3 aromatic carbocycles. The van der Waals surface area contributed by atoms with Gasteiger partial charge in [-0.05, 0) is 42.1 Å². The van der Waals surface area contributed by atoms with Gasteiger partial charge in [0.15, 0.2) is 0 Å². The highest BCUT2D eigenvalue weighted by Crippen LogP contribution is 2.33. The molecule has 2 heteroatoms. The molecule has 0 spiro atoms. The molecule has 21 heavy (non-hydrogen) atoms. The van der Waals surface area contributed by atoms with Crippen LogP contribution in [0.15, 0.2) is 60.7 Å². The normalized spacial score (nSPS) is 12.5. The number of fused-ring (bicyclic) bond motifs is 1. The van der Waals surface area contributed by atoms with Crippen LogP contribution in [-0.4, -0.2) is 7.05 Å². The first kappa shape index (κ1) is 14.1. The Hall–Kier alpha value is -1.83. The van der Waals surface area contributed by atoms with Crippen molar-refractivity contribution in [2.24, 2.45) is 0 Å². The van der Waals surface area contributed by atoms with E-state index in [4.69, 9.17) is 11.6 Å². The lowest BCUT2D eigenvalue weighted by molar-refractivity contribution is 0.692. The lowest BCUT2D eigenvalue weighted by atomic mass is 9.91. The Balaban J connectivity index is 2.23. The maximum atomic E-state index is 6.33. The summed E-state index contributed by atoms with van der Waals surface area (Å²) in [5.74, 6) is 0. The Bertz CT molecular complexity index is 779. The smallest absolute Gasteiger partial charge is 0.0583 e. The zero-order chi connectivity index (χ0) is 14.8. The predicted molar refractivity (Wildman–Crippen MR) is 91.0 cm³/mol. The lowest BCUT2D eigenvalue weighted by Crippen LogP contribution is -2.19. The number of hydrogen-bond donors (Lipinski definition) is 1. The summed E-state index contributed by atoms with van der Waals surface area (Å²) in [7, 11) is 2.00. The van der Waals surface area contributed by atoms with Crippen molar-refractivity contribution < 1.29 is 0 Å². The first-order valence-corrected chi connectivity index (χ1v) is 7.50. The largest absolute Gasteiger partial charge is 0.309 e. The Morgan fingerprint density at radius 1 is 0.810 bits per heavy atom. The van der Waals surface area contributed by atoms with Crippen LogP contribution in [0.3, 0.4) is 0 Å². The number of nitrogens with one attached hydrogen (secondary N) is 1. The molecule has 0 amide bonds. The van der Waals surface area contributed by atoms with E-state index in [9.17, 15) is 0 Å². The molecular formula is C19H18ClN. The quantitative estimate of drug-likeness (QED) is 0.708. The van der Waals surface area contributed by atoms with Crippen molar-refractivity contribution in [3.05, 3.63) is 82.4 Å². The fraction of sp³-hybridized carbons (Fsp3) is 0.158. The van der Waals surface area contributed by atoms with Gasteiger partial charge in [-0.2, -0.15) is 0 Å². The van der Waals surface area contributed by atoms with E-state index in [2.05, 4.69) is 60.8 Å². The summed E-state index contributed by atoms with van der Waals surface area (Å²) >= 11 is 6.33. The van der Waals surface area contributed by atoms with E-state index in [0.29, 0.717) is 0 Å². The van der Waals surface area contributed by atoms with E-state index in [-0.39, 0.29) is 6.04 Å². The average molecular weight is 296 g/mol. The Morgan fingerprint density at radius 3 is 2.19 bits per heavy atom. The zero-order valence-corrected chi connectivity index (χ0v) is 13.0. The highest BCUT2D eigenvalue weighted by Gasteiger charge is 2.17. The zero-order valence-electron chi connectivity index (χ0n) is 12.2. The maximum absolute atomic E-state index is 6.33. The van der Waals surface area contributed by atoms with Gasteiger partial charge in [-0.3, -0.25) is 0 Å². The van der Waals surface area contributed by atoms with Crippen molar-refractivity contribution in [3.8, 4) is 0 Å². The van der Waals surface area contributed by atoms with Crippen molar-refractivity contribution >= 4 is 22.4 Å². The van der Waals surface area contributed by atoms with E-state index < -0.39 is 0 Å². The first-order chi connectivity index (χ1) is 10.2. The van der Waals surface area contributed by atoms with Gasteiger partial charge in [0, 0.05) is 10.4 Å². The van der Waals surface area contributed by atoms with Gasteiger partial charge >= 0.3 is 0 Å².